The molecule has 0 aliphatic carbocycles. The maximum atomic E-state index is 12.8. The van der Waals surface area contributed by atoms with Crippen LogP contribution in [0.1, 0.15) is 18.5 Å². The van der Waals surface area contributed by atoms with Gasteiger partial charge in [-0.05, 0) is 30.7 Å². The Balaban J connectivity index is 2.20. The highest BCUT2D eigenvalue weighted by Gasteiger charge is 2.22. The zero-order chi connectivity index (χ0) is 17.5. The first-order valence-corrected chi connectivity index (χ1v) is 8.32. The van der Waals surface area contributed by atoms with Gasteiger partial charge in [-0.25, -0.2) is 0 Å². The first kappa shape index (κ1) is 18.7. The summed E-state index contributed by atoms with van der Waals surface area (Å²) in [5.41, 5.74) is 1.42. The van der Waals surface area contributed by atoms with Crippen molar-refractivity contribution in [2.45, 2.75) is 19.0 Å². The highest BCUT2D eigenvalue weighted by Crippen LogP contribution is 2.24. The summed E-state index contributed by atoms with van der Waals surface area (Å²) in [6.07, 6.45) is 0. The summed E-state index contributed by atoms with van der Waals surface area (Å²) >= 11 is 12.0. The van der Waals surface area contributed by atoms with Crippen LogP contribution in [0.25, 0.3) is 0 Å². The van der Waals surface area contributed by atoms with Crippen molar-refractivity contribution in [2.75, 3.05) is 19.0 Å². The predicted octanol–water partition coefficient (Wildman–Crippen LogP) is 4.30. The molecule has 1 amide bonds. The topological polar surface area (TPSA) is 50.4 Å². The van der Waals surface area contributed by atoms with E-state index in [2.05, 4.69) is 10.6 Å². The van der Waals surface area contributed by atoms with Crippen LogP contribution in [0.2, 0.25) is 10.0 Å². The second-order valence-electron chi connectivity index (χ2n) is 5.51. The van der Waals surface area contributed by atoms with Gasteiger partial charge in [0.25, 0.3) is 0 Å². The maximum Gasteiger partial charge on any atom is 0.246 e. The molecule has 0 saturated carbocycles. The lowest BCUT2D eigenvalue weighted by Gasteiger charge is -2.23. The molecule has 0 bridgehead atoms. The van der Waals surface area contributed by atoms with Crippen LogP contribution in [0.5, 0.6) is 0 Å². The minimum atomic E-state index is -0.519. The molecule has 2 N–H and O–H groups in total. The number of anilines is 1. The van der Waals surface area contributed by atoms with E-state index in [1.165, 1.54) is 0 Å². The zero-order valence-electron chi connectivity index (χ0n) is 13.6. The van der Waals surface area contributed by atoms with Crippen LogP contribution in [0.4, 0.5) is 5.69 Å². The van der Waals surface area contributed by atoms with Crippen LogP contribution in [0, 0.1) is 0 Å². The minimum Gasteiger partial charge on any atom is -0.383 e. The molecule has 0 aliphatic heterocycles. The van der Waals surface area contributed by atoms with Crippen molar-refractivity contribution in [3.8, 4) is 0 Å². The van der Waals surface area contributed by atoms with Crippen molar-refractivity contribution in [1.29, 1.82) is 0 Å². The Morgan fingerprint density at radius 3 is 2.33 bits per heavy atom. The van der Waals surface area contributed by atoms with Crippen molar-refractivity contribution in [3.05, 3.63) is 64.1 Å². The van der Waals surface area contributed by atoms with Crippen LogP contribution in [0.15, 0.2) is 48.5 Å². The van der Waals surface area contributed by atoms with Crippen molar-refractivity contribution in [2.24, 2.45) is 0 Å². The van der Waals surface area contributed by atoms with Gasteiger partial charge >= 0.3 is 0 Å². The number of carbonyl (C=O) groups is 1. The molecule has 0 aliphatic rings. The van der Waals surface area contributed by atoms with E-state index in [0.717, 1.165) is 5.56 Å². The van der Waals surface area contributed by atoms with E-state index in [1.807, 2.05) is 37.3 Å². The smallest absolute Gasteiger partial charge is 0.246 e. The maximum absolute atomic E-state index is 12.8. The summed E-state index contributed by atoms with van der Waals surface area (Å²) in [7, 11) is 1.63. The largest absolute Gasteiger partial charge is 0.383 e. The number of benzene rings is 2. The van der Waals surface area contributed by atoms with E-state index >= 15 is 0 Å². The molecule has 0 radical (unpaired) electrons. The lowest BCUT2D eigenvalue weighted by atomic mass is 10.0. The molecule has 2 aromatic carbocycles. The Morgan fingerprint density at radius 2 is 1.75 bits per heavy atom. The molecule has 0 fully saturated rings. The zero-order valence-corrected chi connectivity index (χ0v) is 15.1. The first-order valence-electron chi connectivity index (χ1n) is 7.56. The average Bonchev–Trinajstić information content (AvgIpc) is 2.52. The van der Waals surface area contributed by atoms with E-state index in [9.17, 15) is 4.79 Å². The number of nitrogens with one attached hydrogen (secondary N) is 2. The quantitative estimate of drug-likeness (QED) is 0.767. The van der Waals surface area contributed by atoms with E-state index in [1.54, 1.807) is 25.3 Å². The van der Waals surface area contributed by atoms with Crippen LogP contribution < -0.4 is 10.6 Å². The van der Waals surface area contributed by atoms with Crippen molar-refractivity contribution in [1.82, 2.24) is 5.32 Å². The Bertz CT molecular complexity index is 660. The molecule has 128 valence electrons. The van der Waals surface area contributed by atoms with Crippen LogP contribution in [-0.2, 0) is 9.53 Å². The number of halogens is 2. The molecule has 2 atom stereocenters. The Labute approximate surface area is 152 Å². The van der Waals surface area contributed by atoms with Crippen LogP contribution in [-0.4, -0.2) is 25.7 Å². The number of amides is 1. The molecular weight excluding hydrogens is 347 g/mol. The highest BCUT2D eigenvalue weighted by molar-refractivity contribution is 6.35. The fourth-order valence-corrected chi connectivity index (χ4v) is 2.92. The average molecular weight is 367 g/mol. The molecule has 0 spiro atoms. The van der Waals surface area contributed by atoms with Gasteiger partial charge in [-0.1, -0.05) is 53.5 Å². The third-order valence-electron chi connectivity index (χ3n) is 3.39. The van der Waals surface area contributed by atoms with Gasteiger partial charge in [-0.15, -0.1) is 0 Å². The number of rotatable bonds is 7. The highest BCUT2D eigenvalue weighted by atomic mass is 35.5. The van der Waals surface area contributed by atoms with Gasteiger partial charge < -0.3 is 10.1 Å². The summed E-state index contributed by atoms with van der Waals surface area (Å²) < 4.78 is 5.14. The fourth-order valence-electron chi connectivity index (χ4n) is 2.39. The van der Waals surface area contributed by atoms with Crippen molar-refractivity contribution < 1.29 is 9.53 Å². The predicted molar refractivity (Wildman–Crippen MR) is 98.7 cm³/mol. The van der Waals surface area contributed by atoms with Gasteiger partial charge in [-0.2, -0.15) is 0 Å². The van der Waals surface area contributed by atoms with Crippen LogP contribution in [0.3, 0.4) is 0 Å². The number of carbonyl (C=O) groups excluding carboxylic acids is 1. The Morgan fingerprint density at radius 1 is 1.12 bits per heavy atom. The van der Waals surface area contributed by atoms with E-state index in [-0.39, 0.29) is 11.9 Å². The normalized spacial score (nSPS) is 13.3. The molecule has 4 nitrogen and oxygen atoms in total. The van der Waals surface area contributed by atoms with Gasteiger partial charge in [-0.3, -0.25) is 10.1 Å². The third-order valence-corrected chi connectivity index (χ3v) is 3.83. The third kappa shape index (κ3) is 5.49. The summed E-state index contributed by atoms with van der Waals surface area (Å²) in [4.78, 5) is 12.8. The first-order chi connectivity index (χ1) is 11.5. The van der Waals surface area contributed by atoms with Crippen molar-refractivity contribution >= 4 is 34.8 Å². The molecule has 0 aromatic heterocycles. The number of ether oxygens (including phenoxy) is 1. The molecule has 0 saturated heterocycles. The summed E-state index contributed by atoms with van der Waals surface area (Å²) in [5, 5.41) is 7.07. The second-order valence-corrected chi connectivity index (χ2v) is 6.39. The summed E-state index contributed by atoms with van der Waals surface area (Å²) in [5.74, 6) is -0.192. The number of hydrogen-bond donors (Lipinski definition) is 2. The standard InChI is InChI=1S/C18H20Cl2N2O2/c1-12(11-24-2)21-17(13-6-4-3-5-7-13)18(23)22-16-9-14(19)8-15(20)10-16/h3-10,12,17,21H,11H2,1-2H3,(H,22,23)/t12-,17+/m0/s1. The lowest BCUT2D eigenvalue weighted by molar-refractivity contribution is -0.118. The van der Waals surface area contributed by atoms with Gasteiger partial charge in [0.1, 0.15) is 6.04 Å². The summed E-state index contributed by atoms with van der Waals surface area (Å²) in [6.45, 7) is 2.46. The van der Waals surface area contributed by atoms with E-state index < -0.39 is 6.04 Å². The molecule has 2 aromatic rings. The summed E-state index contributed by atoms with van der Waals surface area (Å²) in [6, 6.07) is 13.9. The number of hydrogen-bond acceptors (Lipinski definition) is 3. The second kappa shape index (κ2) is 9.04. The Hall–Kier alpha value is -1.59. The lowest BCUT2D eigenvalue weighted by Crippen LogP contribution is -2.40. The SMILES string of the molecule is COC[C@H](C)N[C@@H](C(=O)Nc1cc(Cl)cc(Cl)c1)c1ccccc1. The monoisotopic (exact) mass is 366 g/mol. The van der Waals surface area contributed by atoms with Gasteiger partial charge in [0.15, 0.2) is 0 Å². The minimum absolute atomic E-state index is 0.00825. The molecule has 0 unspecified atom stereocenters. The Kier molecular flexibility index (Phi) is 7.06. The van der Waals surface area contributed by atoms with E-state index in [0.29, 0.717) is 22.3 Å². The van der Waals surface area contributed by atoms with E-state index in [4.69, 9.17) is 27.9 Å². The molecule has 24 heavy (non-hydrogen) atoms. The van der Waals surface area contributed by atoms with Crippen LogP contribution >= 0.6 is 23.2 Å². The van der Waals surface area contributed by atoms with Gasteiger partial charge in [0.2, 0.25) is 5.91 Å². The molecular formula is C18H20Cl2N2O2. The molecule has 6 heteroatoms. The molecule has 0 heterocycles. The number of methoxy groups -OCH3 is 1. The van der Waals surface area contributed by atoms with Gasteiger partial charge in [0, 0.05) is 28.9 Å². The van der Waals surface area contributed by atoms with Gasteiger partial charge in [0.05, 0.1) is 6.61 Å². The molecule has 2 rings (SSSR count). The van der Waals surface area contributed by atoms with Crippen molar-refractivity contribution in [3.63, 3.8) is 0 Å². The fraction of sp³-hybridized carbons (Fsp3) is 0.278.